The number of aromatic carboxylic acids is 1. The van der Waals surface area contributed by atoms with Gasteiger partial charge < -0.3 is 9.84 Å². The van der Waals surface area contributed by atoms with Crippen LogP contribution < -0.4 is 0 Å². The van der Waals surface area contributed by atoms with Crippen molar-refractivity contribution in [3.63, 3.8) is 0 Å². The zero-order chi connectivity index (χ0) is 14.1. The van der Waals surface area contributed by atoms with Crippen LogP contribution in [0, 0.1) is 0 Å². The lowest BCUT2D eigenvalue weighted by Crippen LogP contribution is -1.98. The quantitative estimate of drug-likeness (QED) is 0.797. The molecule has 6 nitrogen and oxygen atoms in total. The minimum absolute atomic E-state index is 0.289. The molecular weight excluding hydrogens is 278 g/mol. The summed E-state index contributed by atoms with van der Waals surface area (Å²) in [6.45, 7) is 0.338. The van der Waals surface area contributed by atoms with Gasteiger partial charge in [0.1, 0.15) is 9.71 Å². The SMILES string of the molecule is COCc1nn(-c2ccncc2)c2sc(C(=O)O)cc12. The molecule has 3 rings (SSSR count). The van der Waals surface area contributed by atoms with Crippen molar-refractivity contribution in [3.8, 4) is 5.69 Å². The molecule has 0 radical (unpaired) electrons. The van der Waals surface area contributed by atoms with E-state index < -0.39 is 5.97 Å². The van der Waals surface area contributed by atoms with E-state index in [0.29, 0.717) is 6.61 Å². The Balaban J connectivity index is 2.23. The molecule has 0 spiro atoms. The zero-order valence-electron chi connectivity index (χ0n) is 10.6. The topological polar surface area (TPSA) is 77.2 Å². The number of thiophene rings is 1. The lowest BCUT2D eigenvalue weighted by molar-refractivity contribution is 0.0702. The van der Waals surface area contributed by atoms with Crippen molar-refractivity contribution in [2.75, 3.05) is 7.11 Å². The van der Waals surface area contributed by atoms with Gasteiger partial charge in [0, 0.05) is 24.9 Å². The Kier molecular flexibility index (Phi) is 3.21. The number of nitrogens with zero attached hydrogens (tertiary/aromatic N) is 3. The molecule has 1 N–H and O–H groups in total. The second-order valence-corrected chi connectivity index (χ2v) is 5.16. The molecule has 0 unspecified atom stereocenters. The van der Waals surface area contributed by atoms with E-state index in [9.17, 15) is 4.79 Å². The Bertz CT molecular complexity index is 764. The van der Waals surface area contributed by atoms with Crippen LogP contribution in [0.25, 0.3) is 15.9 Å². The van der Waals surface area contributed by atoms with Crippen LogP contribution >= 0.6 is 11.3 Å². The molecule has 0 aliphatic rings. The molecule has 0 aliphatic carbocycles. The largest absolute Gasteiger partial charge is 0.477 e. The minimum atomic E-state index is -0.934. The highest BCUT2D eigenvalue weighted by Gasteiger charge is 2.18. The maximum atomic E-state index is 11.1. The first-order valence-corrected chi connectivity index (χ1v) is 6.66. The van der Waals surface area contributed by atoms with Gasteiger partial charge in [0.2, 0.25) is 0 Å². The van der Waals surface area contributed by atoms with Crippen molar-refractivity contribution < 1.29 is 14.6 Å². The van der Waals surface area contributed by atoms with Crippen molar-refractivity contribution in [3.05, 3.63) is 41.2 Å². The summed E-state index contributed by atoms with van der Waals surface area (Å²) in [7, 11) is 1.59. The van der Waals surface area contributed by atoms with Gasteiger partial charge in [0.05, 0.1) is 18.0 Å². The van der Waals surface area contributed by atoms with Crippen LogP contribution in [-0.4, -0.2) is 33.0 Å². The molecule has 102 valence electrons. The van der Waals surface area contributed by atoms with Crippen LogP contribution in [0.5, 0.6) is 0 Å². The summed E-state index contributed by atoms with van der Waals surface area (Å²) in [5.41, 5.74) is 1.56. The first-order chi connectivity index (χ1) is 9.70. The summed E-state index contributed by atoms with van der Waals surface area (Å²) < 4.78 is 6.85. The molecule has 0 amide bonds. The van der Waals surface area contributed by atoms with E-state index in [2.05, 4.69) is 10.1 Å². The Hall–Kier alpha value is -2.25. The summed E-state index contributed by atoms with van der Waals surface area (Å²) in [6.07, 6.45) is 3.34. The average Bonchev–Trinajstić information content (AvgIpc) is 3.01. The predicted molar refractivity (Wildman–Crippen MR) is 74.4 cm³/mol. The standard InChI is InChI=1S/C13H11N3O3S/c1-19-7-10-9-6-11(13(17)18)20-12(9)16(15-10)8-2-4-14-5-3-8/h2-6H,7H2,1H3,(H,17,18). The van der Waals surface area contributed by atoms with Gasteiger partial charge in [-0.05, 0) is 18.2 Å². The third-order valence-corrected chi connectivity index (χ3v) is 3.93. The van der Waals surface area contributed by atoms with Crippen LogP contribution in [-0.2, 0) is 11.3 Å². The molecule has 0 saturated carbocycles. The maximum Gasteiger partial charge on any atom is 0.345 e. The number of hydrogen-bond donors (Lipinski definition) is 1. The van der Waals surface area contributed by atoms with Gasteiger partial charge in [-0.15, -0.1) is 11.3 Å². The van der Waals surface area contributed by atoms with Crippen LogP contribution in [0.4, 0.5) is 0 Å². The zero-order valence-corrected chi connectivity index (χ0v) is 11.4. The van der Waals surface area contributed by atoms with Crippen LogP contribution in [0.2, 0.25) is 0 Å². The number of rotatable bonds is 4. The highest BCUT2D eigenvalue weighted by atomic mass is 32.1. The lowest BCUT2D eigenvalue weighted by atomic mass is 10.3. The van der Waals surface area contributed by atoms with Gasteiger partial charge in [0.25, 0.3) is 0 Å². The Morgan fingerprint density at radius 3 is 2.85 bits per heavy atom. The van der Waals surface area contributed by atoms with Crippen molar-refractivity contribution >= 4 is 27.5 Å². The molecule has 3 aromatic heterocycles. The minimum Gasteiger partial charge on any atom is -0.477 e. The van der Waals surface area contributed by atoms with E-state index in [1.54, 1.807) is 30.3 Å². The van der Waals surface area contributed by atoms with E-state index in [1.807, 2.05) is 12.1 Å². The highest BCUT2D eigenvalue weighted by molar-refractivity contribution is 7.20. The van der Waals surface area contributed by atoms with E-state index in [1.165, 1.54) is 11.3 Å². The van der Waals surface area contributed by atoms with Crippen LogP contribution in [0.15, 0.2) is 30.6 Å². The molecule has 0 atom stereocenters. The molecule has 0 fully saturated rings. The molecule has 0 aliphatic heterocycles. The number of hydrogen-bond acceptors (Lipinski definition) is 5. The maximum absolute atomic E-state index is 11.1. The summed E-state index contributed by atoms with van der Waals surface area (Å²) in [5.74, 6) is -0.934. The average molecular weight is 289 g/mol. The number of pyridine rings is 1. The first-order valence-electron chi connectivity index (χ1n) is 5.85. The van der Waals surface area contributed by atoms with Gasteiger partial charge in [-0.3, -0.25) is 4.98 Å². The van der Waals surface area contributed by atoms with E-state index in [4.69, 9.17) is 9.84 Å². The Morgan fingerprint density at radius 1 is 1.45 bits per heavy atom. The second-order valence-electron chi connectivity index (χ2n) is 4.13. The molecular formula is C13H11N3O3S. The van der Waals surface area contributed by atoms with E-state index in [0.717, 1.165) is 21.6 Å². The number of ether oxygens (including phenoxy) is 1. The highest BCUT2D eigenvalue weighted by Crippen LogP contribution is 2.30. The molecule has 3 heterocycles. The van der Waals surface area contributed by atoms with Gasteiger partial charge in [-0.25, -0.2) is 9.48 Å². The van der Waals surface area contributed by atoms with Gasteiger partial charge in [-0.1, -0.05) is 0 Å². The van der Waals surface area contributed by atoms with Crippen molar-refractivity contribution in [2.45, 2.75) is 6.61 Å². The molecule has 3 aromatic rings. The predicted octanol–water partition coefficient (Wildman–Crippen LogP) is 2.33. The normalized spacial score (nSPS) is 11.1. The summed E-state index contributed by atoms with van der Waals surface area (Å²) in [6, 6.07) is 5.29. The number of fused-ring (bicyclic) bond motifs is 1. The third kappa shape index (κ3) is 2.06. The Morgan fingerprint density at radius 2 is 2.20 bits per heavy atom. The fourth-order valence-corrected chi connectivity index (χ4v) is 2.97. The van der Waals surface area contributed by atoms with Gasteiger partial charge in [-0.2, -0.15) is 5.10 Å². The van der Waals surface area contributed by atoms with Crippen LogP contribution in [0.1, 0.15) is 15.4 Å². The number of methoxy groups -OCH3 is 1. The number of carbonyl (C=O) groups is 1. The van der Waals surface area contributed by atoms with Gasteiger partial charge >= 0.3 is 5.97 Å². The summed E-state index contributed by atoms with van der Waals surface area (Å²) in [5, 5.41) is 14.4. The molecule has 0 saturated heterocycles. The van der Waals surface area contributed by atoms with E-state index >= 15 is 0 Å². The molecule has 20 heavy (non-hydrogen) atoms. The van der Waals surface area contributed by atoms with Crippen molar-refractivity contribution in [2.24, 2.45) is 0 Å². The fraction of sp³-hybridized carbons (Fsp3) is 0.154. The number of aromatic nitrogens is 3. The lowest BCUT2D eigenvalue weighted by Gasteiger charge is -2.00. The Labute approximate surface area is 118 Å². The van der Waals surface area contributed by atoms with Crippen molar-refractivity contribution in [1.82, 2.24) is 14.8 Å². The molecule has 7 heteroatoms. The van der Waals surface area contributed by atoms with Crippen LogP contribution in [0.3, 0.4) is 0 Å². The molecule has 0 bridgehead atoms. The number of carboxylic acids is 1. The summed E-state index contributed by atoms with van der Waals surface area (Å²) in [4.78, 5) is 16.2. The smallest absolute Gasteiger partial charge is 0.345 e. The van der Waals surface area contributed by atoms with Gasteiger partial charge in [0.15, 0.2) is 0 Å². The fourth-order valence-electron chi connectivity index (χ4n) is 1.97. The third-order valence-electron chi connectivity index (χ3n) is 2.84. The number of carboxylic acid groups (broad SMARTS) is 1. The summed E-state index contributed by atoms with van der Waals surface area (Å²) >= 11 is 1.20. The second kappa shape index (κ2) is 5.03. The first kappa shape index (κ1) is 12.8. The van der Waals surface area contributed by atoms with Crippen molar-refractivity contribution in [1.29, 1.82) is 0 Å². The molecule has 0 aromatic carbocycles. The van der Waals surface area contributed by atoms with E-state index in [-0.39, 0.29) is 4.88 Å². The monoisotopic (exact) mass is 289 g/mol.